The summed E-state index contributed by atoms with van der Waals surface area (Å²) < 4.78 is 19.7. The lowest BCUT2D eigenvalue weighted by molar-refractivity contribution is -0.142. The number of rotatable bonds is 10. The molecule has 2 heterocycles. The van der Waals surface area contributed by atoms with Crippen LogP contribution in [-0.2, 0) is 28.6 Å². The first kappa shape index (κ1) is 41.6. The fraction of sp³-hybridized carbons (Fsp3) is 0.455. The predicted octanol–water partition coefficient (Wildman–Crippen LogP) is 7.29. The van der Waals surface area contributed by atoms with Crippen LogP contribution in [0.15, 0.2) is 74.8 Å². The fourth-order valence-corrected chi connectivity index (χ4v) is 7.84. The van der Waals surface area contributed by atoms with Crippen LogP contribution in [0.4, 0.5) is 0 Å². The maximum atomic E-state index is 12.4. The highest BCUT2D eigenvalue weighted by Crippen LogP contribution is 2.39. The SMILES string of the molecule is COC(=O)CC1CCC(c2ccc(-c3cc4c(=O)[nH]c(C)nc4oc3=O)cc2)CC1.COC(=O)CC1CCC(c2ccc(/C(=C\N(C)C)C(=O)OC)cc2)CC1. The van der Waals surface area contributed by atoms with Crippen LogP contribution in [0.2, 0.25) is 0 Å². The van der Waals surface area contributed by atoms with Gasteiger partial charge >= 0.3 is 23.5 Å². The summed E-state index contributed by atoms with van der Waals surface area (Å²) in [5, 5.41) is 0.253. The third kappa shape index (κ3) is 10.8. The standard InChI is InChI=1S/C23H24N2O5.C21H29NO4/c1-13-24-21(27)19-12-18(23(28)30-22(19)25-13)17-9-7-16(8-10-17)15-5-3-14(4-6-15)11-20(26)29-2;1-22(2)14-19(21(24)26-4)18-11-9-17(10-12-18)16-7-5-15(6-8-16)13-20(23)25-3/h7-10,12,14-15H,3-6,11H2,1-2H3,(H,24,25,27);9-12,14-16H,5-8,13H2,1-4H3/b;19-14+. The zero-order valence-corrected chi connectivity index (χ0v) is 33.2. The van der Waals surface area contributed by atoms with Crippen LogP contribution in [0.1, 0.15) is 98.6 Å². The molecule has 2 fully saturated rings. The zero-order valence-electron chi connectivity index (χ0n) is 33.2. The largest absolute Gasteiger partial charge is 0.469 e. The molecule has 1 N–H and O–H groups in total. The van der Waals surface area contributed by atoms with E-state index in [-0.39, 0.29) is 34.6 Å². The maximum absolute atomic E-state index is 12.4. The number of fused-ring (bicyclic) bond motifs is 1. The molecule has 12 nitrogen and oxygen atoms in total. The lowest BCUT2D eigenvalue weighted by Gasteiger charge is -2.28. The molecular formula is C44H53N3O9. The Bertz CT molecular complexity index is 2120. The number of nitrogens with one attached hydrogen (secondary N) is 1. The number of methoxy groups -OCH3 is 3. The third-order valence-electron chi connectivity index (χ3n) is 11.0. The molecule has 0 unspecified atom stereocenters. The van der Waals surface area contributed by atoms with Crippen molar-refractivity contribution in [2.45, 2.75) is 83.0 Å². The summed E-state index contributed by atoms with van der Waals surface area (Å²) in [5.74, 6) is 1.59. The number of carbonyl (C=O) groups is 3. The van der Waals surface area contributed by atoms with E-state index in [0.29, 0.717) is 59.0 Å². The summed E-state index contributed by atoms with van der Waals surface area (Å²) in [6.07, 6.45) is 11.1. The second-order valence-electron chi connectivity index (χ2n) is 15.1. The van der Waals surface area contributed by atoms with Crippen LogP contribution in [0.3, 0.4) is 0 Å². The van der Waals surface area contributed by atoms with Crippen molar-refractivity contribution < 1.29 is 33.0 Å². The summed E-state index contributed by atoms with van der Waals surface area (Å²) in [6.45, 7) is 1.64. The van der Waals surface area contributed by atoms with Crippen LogP contribution < -0.4 is 11.2 Å². The smallest absolute Gasteiger partial charge is 0.345 e. The van der Waals surface area contributed by atoms with Gasteiger partial charge in [0.05, 0.1) is 32.5 Å². The van der Waals surface area contributed by atoms with E-state index in [4.69, 9.17) is 18.6 Å². The lowest BCUT2D eigenvalue weighted by Crippen LogP contribution is -2.17. The van der Waals surface area contributed by atoms with E-state index in [2.05, 4.69) is 22.1 Å². The zero-order chi connectivity index (χ0) is 40.4. The van der Waals surface area contributed by atoms with Gasteiger partial charge in [0, 0.05) is 33.1 Å². The first-order chi connectivity index (χ1) is 26.9. The Morgan fingerprint density at radius 3 is 1.73 bits per heavy atom. The number of aromatic nitrogens is 2. The molecule has 2 aromatic carbocycles. The van der Waals surface area contributed by atoms with Gasteiger partial charge in [-0.1, -0.05) is 48.5 Å². The van der Waals surface area contributed by atoms with Gasteiger partial charge in [-0.25, -0.2) is 9.59 Å². The number of nitrogens with zero attached hydrogens (tertiary/aromatic N) is 2. The normalized spacial score (nSPS) is 19.6. The van der Waals surface area contributed by atoms with Gasteiger partial charge in [0.15, 0.2) is 0 Å². The number of aromatic amines is 1. The van der Waals surface area contributed by atoms with Gasteiger partial charge in [-0.2, -0.15) is 4.98 Å². The summed E-state index contributed by atoms with van der Waals surface area (Å²) in [4.78, 5) is 68.1. The molecule has 2 aliphatic carbocycles. The number of hydrogen-bond acceptors (Lipinski definition) is 11. The topological polar surface area (TPSA) is 158 Å². The van der Waals surface area contributed by atoms with Gasteiger partial charge in [0.25, 0.3) is 5.56 Å². The summed E-state index contributed by atoms with van der Waals surface area (Å²) in [6, 6.07) is 17.6. The van der Waals surface area contributed by atoms with E-state index in [1.54, 1.807) is 19.2 Å². The third-order valence-corrected chi connectivity index (χ3v) is 11.0. The molecule has 2 saturated carbocycles. The van der Waals surface area contributed by atoms with E-state index >= 15 is 0 Å². The minimum absolute atomic E-state index is 0.0466. The number of ether oxygens (including phenoxy) is 3. The number of benzene rings is 2. The molecular weight excluding hydrogens is 714 g/mol. The Morgan fingerprint density at radius 1 is 0.768 bits per heavy atom. The van der Waals surface area contributed by atoms with Crippen molar-refractivity contribution in [3.05, 3.63) is 104 Å². The molecule has 12 heteroatoms. The van der Waals surface area contributed by atoms with E-state index in [1.165, 1.54) is 32.5 Å². The molecule has 0 saturated heterocycles. The Balaban J connectivity index is 0.000000217. The highest BCUT2D eigenvalue weighted by Gasteiger charge is 2.26. The van der Waals surface area contributed by atoms with Crippen LogP contribution in [0.5, 0.6) is 0 Å². The molecule has 0 atom stereocenters. The van der Waals surface area contributed by atoms with Crippen molar-refractivity contribution >= 4 is 34.6 Å². The van der Waals surface area contributed by atoms with E-state index in [0.717, 1.165) is 56.9 Å². The summed E-state index contributed by atoms with van der Waals surface area (Å²) in [7, 11) is 8.03. The average molecular weight is 768 g/mol. The van der Waals surface area contributed by atoms with Crippen LogP contribution in [-0.4, -0.2) is 68.2 Å². The highest BCUT2D eigenvalue weighted by molar-refractivity contribution is 6.16. The monoisotopic (exact) mass is 767 g/mol. The Morgan fingerprint density at radius 2 is 1.27 bits per heavy atom. The molecule has 0 amide bonds. The minimum Gasteiger partial charge on any atom is -0.469 e. The van der Waals surface area contributed by atoms with Crippen molar-refractivity contribution in [3.63, 3.8) is 0 Å². The molecule has 0 radical (unpaired) electrons. The maximum Gasteiger partial charge on any atom is 0.345 e. The number of H-pyrrole nitrogens is 1. The quantitative estimate of drug-likeness (QED) is 0.0982. The molecule has 298 valence electrons. The van der Waals surface area contributed by atoms with Gasteiger partial charge < -0.3 is 28.5 Å². The lowest BCUT2D eigenvalue weighted by atomic mass is 9.77. The number of aryl methyl sites for hydroxylation is 1. The predicted molar refractivity (Wildman–Crippen MR) is 214 cm³/mol. The van der Waals surface area contributed by atoms with Crippen LogP contribution >= 0.6 is 0 Å². The molecule has 0 bridgehead atoms. The number of carbonyl (C=O) groups excluding carboxylic acids is 3. The van der Waals surface area contributed by atoms with Crippen molar-refractivity contribution in [3.8, 4) is 11.1 Å². The number of esters is 3. The summed E-state index contributed by atoms with van der Waals surface area (Å²) in [5.41, 5.74) is 4.15. The highest BCUT2D eigenvalue weighted by atomic mass is 16.5. The van der Waals surface area contributed by atoms with E-state index in [9.17, 15) is 24.0 Å². The van der Waals surface area contributed by atoms with Gasteiger partial charge in [-0.05, 0) is 110 Å². The van der Waals surface area contributed by atoms with Crippen molar-refractivity contribution in [1.29, 1.82) is 0 Å². The van der Waals surface area contributed by atoms with Crippen molar-refractivity contribution in [1.82, 2.24) is 14.9 Å². The van der Waals surface area contributed by atoms with Crippen molar-refractivity contribution in [2.24, 2.45) is 11.8 Å². The van der Waals surface area contributed by atoms with E-state index < -0.39 is 5.63 Å². The first-order valence-corrected chi connectivity index (χ1v) is 19.2. The van der Waals surface area contributed by atoms with Gasteiger partial charge in [-0.15, -0.1) is 0 Å². The molecule has 56 heavy (non-hydrogen) atoms. The Labute approximate surface area is 327 Å². The van der Waals surface area contributed by atoms with Crippen LogP contribution in [0, 0.1) is 18.8 Å². The fourth-order valence-electron chi connectivity index (χ4n) is 7.84. The molecule has 0 spiro atoms. The van der Waals surface area contributed by atoms with Gasteiger partial charge in [0.2, 0.25) is 5.71 Å². The average Bonchev–Trinajstić information content (AvgIpc) is 3.20. The Kier molecular flexibility index (Phi) is 14.4. The van der Waals surface area contributed by atoms with E-state index in [1.807, 2.05) is 55.4 Å². The second-order valence-corrected chi connectivity index (χ2v) is 15.1. The number of hydrogen-bond donors (Lipinski definition) is 1. The van der Waals surface area contributed by atoms with Gasteiger partial charge in [-0.3, -0.25) is 14.4 Å². The molecule has 4 aromatic rings. The molecule has 2 aliphatic rings. The first-order valence-electron chi connectivity index (χ1n) is 19.2. The van der Waals surface area contributed by atoms with Crippen molar-refractivity contribution in [2.75, 3.05) is 35.4 Å². The molecule has 6 rings (SSSR count). The Hall–Kier alpha value is -5.52. The summed E-state index contributed by atoms with van der Waals surface area (Å²) >= 11 is 0. The molecule has 0 aliphatic heterocycles. The minimum atomic E-state index is -0.518. The molecule has 2 aromatic heterocycles. The van der Waals surface area contributed by atoms with Gasteiger partial charge in [0.1, 0.15) is 11.2 Å². The van der Waals surface area contributed by atoms with Crippen LogP contribution in [0.25, 0.3) is 27.8 Å². The second kappa shape index (κ2) is 19.4.